The van der Waals surface area contributed by atoms with Gasteiger partial charge in [0.05, 0.1) is 0 Å². The van der Waals surface area contributed by atoms with Crippen LogP contribution in [0.2, 0.25) is 5.02 Å². The molecule has 0 aromatic heterocycles. The van der Waals surface area contributed by atoms with Crippen LogP contribution in [0.25, 0.3) is 0 Å². The number of carbonyl (C=O) groups is 2. The van der Waals surface area contributed by atoms with Gasteiger partial charge in [0, 0.05) is 28.4 Å². The van der Waals surface area contributed by atoms with Gasteiger partial charge in [-0.1, -0.05) is 24.6 Å². The zero-order valence-corrected chi connectivity index (χ0v) is 12.3. The molecule has 0 radical (unpaired) electrons. The molecule has 0 saturated heterocycles. The molecule has 108 valence electrons. The Kier molecular flexibility index (Phi) is 4.95. The topological polar surface area (TPSA) is 58.2 Å². The van der Waals surface area contributed by atoms with Crippen molar-refractivity contribution in [3.63, 3.8) is 0 Å². The minimum Gasteiger partial charge on any atom is -0.326 e. The molecule has 2 amide bonds. The molecule has 0 aliphatic carbocycles. The predicted molar refractivity (Wildman–Crippen MR) is 84.8 cm³/mol. The van der Waals surface area contributed by atoms with Crippen molar-refractivity contribution in [2.45, 2.75) is 13.3 Å². The smallest absolute Gasteiger partial charge is 0.255 e. The van der Waals surface area contributed by atoms with Gasteiger partial charge in [-0.15, -0.1) is 0 Å². The largest absolute Gasteiger partial charge is 0.326 e. The van der Waals surface area contributed by atoms with Gasteiger partial charge in [0.15, 0.2) is 0 Å². The lowest BCUT2D eigenvalue weighted by Gasteiger charge is -2.08. The van der Waals surface area contributed by atoms with Gasteiger partial charge >= 0.3 is 0 Å². The highest BCUT2D eigenvalue weighted by atomic mass is 35.5. The molecule has 0 fully saturated rings. The quantitative estimate of drug-likeness (QED) is 0.898. The molecular formula is C16H15ClN2O2. The summed E-state index contributed by atoms with van der Waals surface area (Å²) < 4.78 is 0. The van der Waals surface area contributed by atoms with E-state index in [1.54, 1.807) is 55.5 Å². The van der Waals surface area contributed by atoms with Crippen molar-refractivity contribution in [1.29, 1.82) is 0 Å². The Morgan fingerprint density at radius 1 is 1.00 bits per heavy atom. The highest BCUT2D eigenvalue weighted by Crippen LogP contribution is 2.16. The number of halogens is 1. The van der Waals surface area contributed by atoms with Gasteiger partial charge < -0.3 is 10.6 Å². The van der Waals surface area contributed by atoms with Crippen LogP contribution >= 0.6 is 11.6 Å². The second kappa shape index (κ2) is 6.90. The Hall–Kier alpha value is -2.33. The van der Waals surface area contributed by atoms with Crippen molar-refractivity contribution in [3.05, 3.63) is 59.1 Å². The third-order valence-electron chi connectivity index (χ3n) is 2.83. The summed E-state index contributed by atoms with van der Waals surface area (Å²) in [7, 11) is 0. The molecule has 2 N–H and O–H groups in total. The minimum atomic E-state index is -0.245. The molecule has 0 heterocycles. The van der Waals surface area contributed by atoms with Crippen molar-refractivity contribution in [2.24, 2.45) is 0 Å². The Morgan fingerprint density at radius 2 is 1.71 bits per heavy atom. The number of carbonyl (C=O) groups excluding carboxylic acids is 2. The third kappa shape index (κ3) is 4.33. The first kappa shape index (κ1) is 15.1. The Balaban J connectivity index is 2.10. The van der Waals surface area contributed by atoms with Crippen LogP contribution < -0.4 is 10.6 Å². The van der Waals surface area contributed by atoms with Crippen molar-refractivity contribution in [3.8, 4) is 0 Å². The Labute approximate surface area is 128 Å². The molecule has 0 aliphatic rings. The molecule has 5 heteroatoms. The molecule has 2 aromatic carbocycles. The zero-order chi connectivity index (χ0) is 15.2. The summed E-state index contributed by atoms with van der Waals surface area (Å²) in [5, 5.41) is 6.10. The van der Waals surface area contributed by atoms with Gasteiger partial charge in [0.2, 0.25) is 5.91 Å². The van der Waals surface area contributed by atoms with Crippen LogP contribution in [0, 0.1) is 0 Å². The van der Waals surface area contributed by atoms with Crippen molar-refractivity contribution in [2.75, 3.05) is 10.6 Å². The van der Waals surface area contributed by atoms with Gasteiger partial charge in [-0.2, -0.15) is 0 Å². The molecule has 21 heavy (non-hydrogen) atoms. The summed E-state index contributed by atoms with van der Waals surface area (Å²) >= 11 is 5.80. The monoisotopic (exact) mass is 302 g/mol. The van der Waals surface area contributed by atoms with Crippen molar-refractivity contribution < 1.29 is 9.59 Å². The molecule has 4 nitrogen and oxygen atoms in total. The fourth-order valence-electron chi connectivity index (χ4n) is 1.72. The van der Waals surface area contributed by atoms with Crippen molar-refractivity contribution >= 4 is 34.8 Å². The van der Waals surface area contributed by atoms with E-state index in [1.807, 2.05) is 0 Å². The first-order valence-corrected chi connectivity index (χ1v) is 6.93. The zero-order valence-electron chi connectivity index (χ0n) is 11.5. The number of amides is 2. The lowest BCUT2D eigenvalue weighted by molar-refractivity contribution is -0.115. The van der Waals surface area contributed by atoms with E-state index < -0.39 is 0 Å². The van der Waals surface area contributed by atoms with E-state index in [1.165, 1.54) is 0 Å². The summed E-state index contributed by atoms with van der Waals surface area (Å²) in [4.78, 5) is 23.5. The maximum absolute atomic E-state index is 12.1. The van der Waals surface area contributed by atoms with E-state index in [4.69, 9.17) is 11.6 Å². The number of hydrogen-bond donors (Lipinski definition) is 2. The lowest BCUT2D eigenvalue weighted by atomic mass is 10.1. The normalized spacial score (nSPS) is 10.0. The molecular weight excluding hydrogens is 288 g/mol. The standard InChI is InChI=1S/C16H15ClN2O2/c1-2-15(20)18-14-5-3-4-11(10-14)16(21)19-13-8-6-12(17)7-9-13/h3-10H,2H2,1H3,(H,18,20)(H,19,21). The number of benzene rings is 2. The van der Waals surface area contributed by atoms with Crippen LogP contribution in [0.3, 0.4) is 0 Å². The molecule has 0 atom stereocenters. The van der Waals surface area contributed by atoms with Crippen LogP contribution in [0.15, 0.2) is 48.5 Å². The average Bonchev–Trinajstić information content (AvgIpc) is 2.49. The summed E-state index contributed by atoms with van der Waals surface area (Å²) in [6.07, 6.45) is 0.390. The first-order valence-electron chi connectivity index (χ1n) is 6.55. The maximum atomic E-state index is 12.1. The molecule has 2 aromatic rings. The van der Waals surface area contributed by atoms with Crippen LogP contribution in [0.5, 0.6) is 0 Å². The highest BCUT2D eigenvalue weighted by molar-refractivity contribution is 6.30. The molecule has 0 spiro atoms. The number of hydrogen-bond acceptors (Lipinski definition) is 2. The predicted octanol–water partition coefficient (Wildman–Crippen LogP) is 3.94. The second-order valence-corrected chi connectivity index (χ2v) is 4.88. The van der Waals surface area contributed by atoms with Gasteiger partial charge in [0.25, 0.3) is 5.91 Å². The Bertz CT molecular complexity index is 654. The molecule has 0 aliphatic heterocycles. The summed E-state index contributed by atoms with van der Waals surface area (Å²) in [6, 6.07) is 13.6. The highest BCUT2D eigenvalue weighted by Gasteiger charge is 2.07. The molecule has 2 rings (SSSR count). The lowest BCUT2D eigenvalue weighted by Crippen LogP contribution is -2.13. The van der Waals surface area contributed by atoms with E-state index in [2.05, 4.69) is 10.6 Å². The molecule has 0 saturated carbocycles. The Morgan fingerprint density at radius 3 is 2.38 bits per heavy atom. The van der Waals surface area contributed by atoms with Gasteiger partial charge in [-0.3, -0.25) is 9.59 Å². The van der Waals surface area contributed by atoms with Gasteiger partial charge in [0.1, 0.15) is 0 Å². The third-order valence-corrected chi connectivity index (χ3v) is 3.08. The van der Waals surface area contributed by atoms with Crippen LogP contribution in [-0.4, -0.2) is 11.8 Å². The second-order valence-electron chi connectivity index (χ2n) is 4.44. The summed E-state index contributed by atoms with van der Waals surface area (Å²) in [6.45, 7) is 1.77. The van der Waals surface area contributed by atoms with Gasteiger partial charge in [-0.05, 0) is 42.5 Å². The summed E-state index contributed by atoms with van der Waals surface area (Å²) in [5.74, 6) is -0.338. The fourth-order valence-corrected chi connectivity index (χ4v) is 1.85. The van der Waals surface area contributed by atoms with Gasteiger partial charge in [-0.25, -0.2) is 0 Å². The number of nitrogens with one attached hydrogen (secondary N) is 2. The van der Waals surface area contributed by atoms with Crippen LogP contribution in [0.4, 0.5) is 11.4 Å². The van der Waals surface area contributed by atoms with E-state index in [9.17, 15) is 9.59 Å². The molecule has 0 bridgehead atoms. The maximum Gasteiger partial charge on any atom is 0.255 e. The first-order chi connectivity index (χ1) is 10.1. The van der Waals surface area contributed by atoms with E-state index in [0.29, 0.717) is 28.4 Å². The number of anilines is 2. The minimum absolute atomic E-state index is 0.0924. The van der Waals surface area contributed by atoms with Crippen LogP contribution in [0.1, 0.15) is 23.7 Å². The SMILES string of the molecule is CCC(=O)Nc1cccc(C(=O)Nc2ccc(Cl)cc2)c1. The summed E-state index contributed by atoms with van der Waals surface area (Å²) in [5.41, 5.74) is 1.73. The van der Waals surface area contributed by atoms with E-state index in [0.717, 1.165) is 0 Å². The van der Waals surface area contributed by atoms with Crippen LogP contribution in [-0.2, 0) is 4.79 Å². The van der Waals surface area contributed by atoms with Crippen molar-refractivity contribution in [1.82, 2.24) is 0 Å². The molecule has 0 unspecified atom stereocenters. The average molecular weight is 303 g/mol. The number of rotatable bonds is 4. The van der Waals surface area contributed by atoms with E-state index in [-0.39, 0.29) is 11.8 Å². The fraction of sp³-hybridized carbons (Fsp3) is 0.125. The van der Waals surface area contributed by atoms with E-state index >= 15 is 0 Å².